The van der Waals surface area contributed by atoms with Gasteiger partial charge in [0.25, 0.3) is 0 Å². The molecule has 0 spiro atoms. The van der Waals surface area contributed by atoms with Crippen molar-refractivity contribution in [1.82, 2.24) is 15.1 Å². The van der Waals surface area contributed by atoms with Crippen LogP contribution in [-0.4, -0.2) is 41.8 Å². The van der Waals surface area contributed by atoms with Crippen LogP contribution in [0.3, 0.4) is 0 Å². The van der Waals surface area contributed by atoms with Crippen LogP contribution < -0.4 is 5.32 Å². The Balaban J connectivity index is 2.01. The van der Waals surface area contributed by atoms with Crippen molar-refractivity contribution in [1.29, 1.82) is 0 Å². The second kappa shape index (κ2) is 5.59. The van der Waals surface area contributed by atoms with Gasteiger partial charge in [-0.2, -0.15) is 5.10 Å². The molecule has 2 N–H and O–H groups in total. The smallest absolute Gasteiger partial charge is 0.155 e. The lowest BCUT2D eigenvalue weighted by molar-refractivity contribution is 0.304. The van der Waals surface area contributed by atoms with Gasteiger partial charge in [0.1, 0.15) is 0 Å². The van der Waals surface area contributed by atoms with E-state index in [2.05, 4.69) is 41.4 Å². The number of rotatable bonds is 5. The molecule has 5 heteroatoms. The van der Waals surface area contributed by atoms with Crippen LogP contribution in [0.25, 0.3) is 10.9 Å². The molecule has 18 heavy (non-hydrogen) atoms. The maximum absolute atomic E-state index is 6.00. The van der Waals surface area contributed by atoms with Crippen LogP contribution in [0.1, 0.15) is 13.3 Å². The molecule has 0 aliphatic carbocycles. The summed E-state index contributed by atoms with van der Waals surface area (Å²) in [4.78, 5) is 2.21. The molecule has 1 aromatic heterocycles. The van der Waals surface area contributed by atoms with Gasteiger partial charge >= 0.3 is 0 Å². The summed E-state index contributed by atoms with van der Waals surface area (Å²) in [5.41, 5.74) is 1.00. The van der Waals surface area contributed by atoms with Crippen molar-refractivity contribution in [3.8, 4) is 0 Å². The van der Waals surface area contributed by atoms with E-state index in [4.69, 9.17) is 11.6 Å². The normalized spacial score (nSPS) is 13.2. The first-order chi connectivity index (χ1) is 8.58. The minimum Gasteiger partial charge on any atom is -0.368 e. The van der Waals surface area contributed by atoms with Gasteiger partial charge in [-0.05, 0) is 45.6 Å². The molecule has 0 aliphatic heterocycles. The lowest BCUT2D eigenvalue weighted by Gasteiger charge is -2.19. The van der Waals surface area contributed by atoms with Gasteiger partial charge in [0.05, 0.1) is 5.52 Å². The van der Waals surface area contributed by atoms with Crippen molar-refractivity contribution < 1.29 is 0 Å². The van der Waals surface area contributed by atoms with Crippen LogP contribution in [0.2, 0.25) is 5.02 Å². The SMILES string of the molecule is CC(CCNc1n[nH]c2ccc(Cl)cc12)N(C)C. The number of halogens is 1. The summed E-state index contributed by atoms with van der Waals surface area (Å²) in [7, 11) is 4.18. The van der Waals surface area contributed by atoms with E-state index in [0.29, 0.717) is 6.04 Å². The van der Waals surface area contributed by atoms with Crippen LogP contribution in [0, 0.1) is 0 Å². The fourth-order valence-electron chi connectivity index (χ4n) is 1.78. The van der Waals surface area contributed by atoms with Crippen molar-refractivity contribution in [2.75, 3.05) is 26.0 Å². The number of H-pyrrole nitrogens is 1. The highest BCUT2D eigenvalue weighted by Crippen LogP contribution is 2.23. The van der Waals surface area contributed by atoms with Crippen LogP contribution >= 0.6 is 11.6 Å². The number of anilines is 1. The molecule has 1 unspecified atom stereocenters. The lowest BCUT2D eigenvalue weighted by Crippen LogP contribution is -2.26. The van der Waals surface area contributed by atoms with E-state index in [9.17, 15) is 0 Å². The zero-order valence-corrected chi connectivity index (χ0v) is 11.8. The fourth-order valence-corrected chi connectivity index (χ4v) is 1.95. The predicted octanol–water partition coefficient (Wildman–Crippen LogP) is 2.97. The molecule has 0 aliphatic rings. The van der Waals surface area contributed by atoms with Crippen molar-refractivity contribution in [2.45, 2.75) is 19.4 Å². The van der Waals surface area contributed by atoms with E-state index in [0.717, 1.165) is 34.7 Å². The molecule has 0 amide bonds. The van der Waals surface area contributed by atoms with Gasteiger partial charge in [0.2, 0.25) is 0 Å². The number of hydrogen-bond acceptors (Lipinski definition) is 3. The van der Waals surface area contributed by atoms with Gasteiger partial charge in [-0.25, -0.2) is 0 Å². The second-order valence-electron chi connectivity index (χ2n) is 4.79. The van der Waals surface area contributed by atoms with Crippen molar-refractivity contribution in [2.24, 2.45) is 0 Å². The average Bonchev–Trinajstić information content (AvgIpc) is 2.71. The Morgan fingerprint density at radius 3 is 2.94 bits per heavy atom. The summed E-state index contributed by atoms with van der Waals surface area (Å²) in [6.07, 6.45) is 1.07. The van der Waals surface area contributed by atoms with Crippen LogP contribution in [0.4, 0.5) is 5.82 Å². The van der Waals surface area contributed by atoms with E-state index in [1.165, 1.54) is 0 Å². The molecule has 0 bridgehead atoms. The molecule has 98 valence electrons. The molecule has 2 rings (SSSR count). The fraction of sp³-hybridized carbons (Fsp3) is 0.462. The Morgan fingerprint density at radius 1 is 1.44 bits per heavy atom. The number of aromatic amines is 1. The summed E-state index contributed by atoms with van der Waals surface area (Å²) in [6, 6.07) is 6.28. The number of fused-ring (bicyclic) bond motifs is 1. The van der Waals surface area contributed by atoms with E-state index in [-0.39, 0.29) is 0 Å². The molecular weight excluding hydrogens is 248 g/mol. The molecule has 4 nitrogen and oxygen atoms in total. The zero-order chi connectivity index (χ0) is 13.1. The first kappa shape index (κ1) is 13.2. The van der Waals surface area contributed by atoms with E-state index >= 15 is 0 Å². The molecule has 2 aromatic rings. The minimum atomic E-state index is 0.547. The second-order valence-corrected chi connectivity index (χ2v) is 5.23. The molecule has 1 aromatic carbocycles. The van der Waals surface area contributed by atoms with Crippen molar-refractivity contribution in [3.05, 3.63) is 23.2 Å². The Bertz CT molecular complexity index is 521. The van der Waals surface area contributed by atoms with Crippen LogP contribution in [0.5, 0.6) is 0 Å². The largest absolute Gasteiger partial charge is 0.368 e. The Hall–Kier alpha value is -1.26. The van der Waals surface area contributed by atoms with E-state index in [1.807, 2.05) is 18.2 Å². The van der Waals surface area contributed by atoms with Gasteiger partial charge in [-0.1, -0.05) is 11.6 Å². The van der Waals surface area contributed by atoms with E-state index < -0.39 is 0 Å². The molecule has 0 radical (unpaired) electrons. The average molecular weight is 267 g/mol. The summed E-state index contributed by atoms with van der Waals surface area (Å²) >= 11 is 6.00. The third kappa shape index (κ3) is 2.94. The highest BCUT2D eigenvalue weighted by molar-refractivity contribution is 6.31. The minimum absolute atomic E-state index is 0.547. The van der Waals surface area contributed by atoms with Crippen molar-refractivity contribution >= 4 is 28.3 Å². The molecular formula is C13H19ClN4. The van der Waals surface area contributed by atoms with Gasteiger partial charge in [-0.15, -0.1) is 0 Å². The Labute approximate surface area is 112 Å². The molecule has 0 fully saturated rings. The molecule has 1 heterocycles. The zero-order valence-electron chi connectivity index (χ0n) is 11.0. The topological polar surface area (TPSA) is 44.0 Å². The number of aromatic nitrogens is 2. The molecule has 0 saturated heterocycles. The van der Waals surface area contributed by atoms with Crippen LogP contribution in [0.15, 0.2) is 18.2 Å². The Kier molecular flexibility index (Phi) is 4.09. The Morgan fingerprint density at radius 2 is 2.22 bits per heavy atom. The highest BCUT2D eigenvalue weighted by Gasteiger charge is 2.07. The van der Waals surface area contributed by atoms with Gasteiger partial charge < -0.3 is 10.2 Å². The summed E-state index contributed by atoms with van der Waals surface area (Å²) < 4.78 is 0. The first-order valence-corrected chi connectivity index (χ1v) is 6.49. The third-order valence-corrected chi connectivity index (χ3v) is 3.50. The quantitative estimate of drug-likeness (QED) is 0.875. The first-order valence-electron chi connectivity index (χ1n) is 6.12. The molecule has 1 atom stereocenters. The van der Waals surface area contributed by atoms with E-state index in [1.54, 1.807) is 0 Å². The predicted molar refractivity (Wildman–Crippen MR) is 77.4 cm³/mol. The number of nitrogens with one attached hydrogen (secondary N) is 2. The standard InChI is InChI=1S/C13H19ClN4/c1-9(18(2)3)6-7-15-13-11-8-10(14)4-5-12(11)16-17-13/h4-5,8-9H,6-7H2,1-3H3,(H2,15,16,17). The number of benzene rings is 1. The lowest BCUT2D eigenvalue weighted by atomic mass is 10.2. The summed E-state index contributed by atoms with van der Waals surface area (Å²) in [5.74, 6) is 0.874. The van der Waals surface area contributed by atoms with Gasteiger partial charge in [0.15, 0.2) is 5.82 Å². The third-order valence-electron chi connectivity index (χ3n) is 3.26. The van der Waals surface area contributed by atoms with Gasteiger partial charge in [0, 0.05) is 23.0 Å². The summed E-state index contributed by atoms with van der Waals surface area (Å²) in [6.45, 7) is 3.10. The maximum Gasteiger partial charge on any atom is 0.155 e. The number of nitrogens with zero attached hydrogens (tertiary/aromatic N) is 2. The summed E-state index contributed by atoms with van der Waals surface area (Å²) in [5, 5.41) is 12.4. The van der Waals surface area contributed by atoms with Gasteiger partial charge in [-0.3, -0.25) is 5.10 Å². The maximum atomic E-state index is 6.00. The monoisotopic (exact) mass is 266 g/mol. The van der Waals surface area contributed by atoms with Crippen molar-refractivity contribution in [3.63, 3.8) is 0 Å². The molecule has 0 saturated carbocycles. The highest BCUT2D eigenvalue weighted by atomic mass is 35.5. The number of hydrogen-bond donors (Lipinski definition) is 2. The van der Waals surface area contributed by atoms with Crippen LogP contribution in [-0.2, 0) is 0 Å².